The van der Waals surface area contributed by atoms with Crippen LogP contribution in [0.15, 0.2) is 42.5 Å². The fourth-order valence-corrected chi connectivity index (χ4v) is 3.32. The van der Waals surface area contributed by atoms with Gasteiger partial charge in [-0.1, -0.05) is 31.9 Å². The van der Waals surface area contributed by atoms with E-state index in [2.05, 4.69) is 0 Å². The predicted octanol–water partition coefficient (Wildman–Crippen LogP) is 7.76. The minimum Gasteiger partial charge on any atom is -0.497 e. The van der Waals surface area contributed by atoms with Gasteiger partial charge >= 0.3 is 0 Å². The lowest BCUT2D eigenvalue weighted by molar-refractivity contribution is 0.414. The van der Waals surface area contributed by atoms with Gasteiger partial charge in [0.15, 0.2) is 23.3 Å². The highest BCUT2D eigenvalue weighted by Gasteiger charge is 2.23. The average Bonchev–Trinajstić information content (AvgIpc) is 2.76. The second-order valence-electron chi connectivity index (χ2n) is 7.00. The van der Waals surface area contributed by atoms with Gasteiger partial charge in [-0.2, -0.15) is 0 Å². The van der Waals surface area contributed by atoms with Crippen LogP contribution in [0.3, 0.4) is 0 Å². The summed E-state index contributed by atoms with van der Waals surface area (Å²) < 4.78 is 78.3. The lowest BCUT2D eigenvalue weighted by Crippen LogP contribution is -2.00. The quantitative estimate of drug-likeness (QED) is 0.216. The maximum Gasteiger partial charge on any atom is 0.170 e. The molecule has 0 aliphatic carbocycles. The number of fused-ring (bicyclic) bond motifs is 1. The number of ether oxygens (including phenoxy) is 1. The van der Waals surface area contributed by atoms with Gasteiger partial charge in [0.1, 0.15) is 11.6 Å². The van der Waals surface area contributed by atoms with Crippen molar-refractivity contribution in [3.05, 3.63) is 76.6 Å². The third-order valence-electron chi connectivity index (χ3n) is 5.02. The van der Waals surface area contributed by atoms with Crippen LogP contribution in [-0.2, 0) is 6.42 Å². The van der Waals surface area contributed by atoms with Gasteiger partial charge in [-0.3, -0.25) is 0 Å². The van der Waals surface area contributed by atoms with E-state index in [4.69, 9.17) is 4.74 Å². The van der Waals surface area contributed by atoms with Gasteiger partial charge in [-0.15, -0.1) is 0 Å². The van der Waals surface area contributed by atoms with Crippen molar-refractivity contribution >= 4 is 22.4 Å². The van der Waals surface area contributed by atoms with Crippen molar-refractivity contribution in [2.45, 2.75) is 32.6 Å². The number of halogens is 5. The summed E-state index contributed by atoms with van der Waals surface area (Å²) in [5.41, 5.74) is -0.792. The molecule has 0 aliphatic rings. The van der Waals surface area contributed by atoms with Crippen molar-refractivity contribution < 1.29 is 26.7 Å². The molecule has 0 aliphatic heterocycles. The molecule has 0 saturated heterocycles. The molecule has 3 aromatic rings. The summed E-state index contributed by atoms with van der Waals surface area (Å²) in [5, 5.41) is -0.596. The molecule has 30 heavy (non-hydrogen) atoms. The van der Waals surface area contributed by atoms with Crippen LogP contribution in [0, 0.1) is 17.5 Å². The zero-order chi connectivity index (χ0) is 21.8. The predicted molar refractivity (Wildman–Crippen MR) is 109 cm³/mol. The number of hydrogen-bond acceptors (Lipinski definition) is 1. The maximum absolute atomic E-state index is 14.8. The molecule has 0 N–H and O–H groups in total. The van der Waals surface area contributed by atoms with Crippen LogP contribution >= 0.6 is 0 Å². The molecule has 0 heterocycles. The summed E-state index contributed by atoms with van der Waals surface area (Å²) in [6, 6.07) is 9.12. The van der Waals surface area contributed by atoms with Crippen molar-refractivity contribution in [1.29, 1.82) is 0 Å². The minimum absolute atomic E-state index is 0.0432. The van der Waals surface area contributed by atoms with Crippen LogP contribution in [-0.4, -0.2) is 7.11 Å². The summed E-state index contributed by atoms with van der Waals surface area (Å²) in [4.78, 5) is 0. The number of methoxy groups -OCH3 is 1. The molecule has 0 spiro atoms. The molecular formula is C24H21F5O. The molecule has 0 aromatic heterocycles. The van der Waals surface area contributed by atoms with E-state index in [1.54, 1.807) is 0 Å². The van der Waals surface area contributed by atoms with Crippen LogP contribution in [0.5, 0.6) is 5.75 Å². The number of aryl methyl sites for hydroxylation is 1. The van der Waals surface area contributed by atoms with Crippen LogP contribution in [0.25, 0.3) is 22.4 Å². The summed E-state index contributed by atoms with van der Waals surface area (Å²) >= 11 is 0. The number of rotatable bonds is 7. The third kappa shape index (κ3) is 4.18. The van der Waals surface area contributed by atoms with Gasteiger partial charge in [0.2, 0.25) is 0 Å². The molecule has 0 atom stereocenters. The van der Waals surface area contributed by atoms with Crippen molar-refractivity contribution in [2.24, 2.45) is 0 Å². The second-order valence-corrected chi connectivity index (χ2v) is 7.00. The van der Waals surface area contributed by atoms with Crippen LogP contribution in [0.2, 0.25) is 0 Å². The van der Waals surface area contributed by atoms with E-state index in [0.717, 1.165) is 18.9 Å². The van der Waals surface area contributed by atoms with Crippen LogP contribution in [0.1, 0.15) is 42.9 Å². The molecular weight excluding hydrogens is 399 g/mol. The van der Waals surface area contributed by atoms with Crippen molar-refractivity contribution in [1.82, 2.24) is 0 Å². The van der Waals surface area contributed by atoms with Gasteiger partial charge in [0.25, 0.3) is 0 Å². The van der Waals surface area contributed by atoms with E-state index in [1.807, 2.05) is 6.92 Å². The standard InChI is InChI=1S/C24H21F5O/c1-3-4-5-6-14-7-8-16-13-18(23(28)24(29)19(16)20(14)25)22(27)21(26)15-9-11-17(30-2)12-10-15/h7-13H,3-6H2,1-2H3. The van der Waals surface area contributed by atoms with Gasteiger partial charge < -0.3 is 4.74 Å². The summed E-state index contributed by atoms with van der Waals surface area (Å²) in [6.45, 7) is 2.00. The first-order valence-corrected chi connectivity index (χ1v) is 9.68. The van der Waals surface area contributed by atoms with Gasteiger partial charge in [-0.25, -0.2) is 22.0 Å². The van der Waals surface area contributed by atoms with Crippen LogP contribution in [0.4, 0.5) is 22.0 Å². The molecule has 0 radical (unpaired) electrons. The molecule has 0 saturated carbocycles. The second kappa shape index (κ2) is 9.28. The van der Waals surface area contributed by atoms with E-state index in [9.17, 15) is 22.0 Å². The SMILES string of the molecule is CCCCCc1ccc2cc(C(F)=C(F)c3ccc(OC)cc3)c(F)c(F)c2c1F. The molecule has 1 nitrogen and oxygen atoms in total. The first-order chi connectivity index (χ1) is 14.4. The average molecular weight is 420 g/mol. The summed E-state index contributed by atoms with van der Waals surface area (Å²) in [7, 11) is 1.42. The molecule has 0 unspecified atom stereocenters. The number of hydrogen-bond donors (Lipinski definition) is 0. The highest BCUT2D eigenvalue weighted by Crippen LogP contribution is 2.36. The van der Waals surface area contributed by atoms with Crippen LogP contribution < -0.4 is 4.74 Å². The minimum atomic E-state index is -1.63. The first kappa shape index (κ1) is 21.8. The molecule has 0 fully saturated rings. The number of unbranched alkanes of at least 4 members (excludes halogenated alkanes) is 2. The highest BCUT2D eigenvalue weighted by molar-refractivity contribution is 5.91. The summed E-state index contributed by atoms with van der Waals surface area (Å²) in [5.74, 6) is -6.52. The van der Waals surface area contributed by atoms with E-state index in [-0.39, 0.29) is 16.5 Å². The topological polar surface area (TPSA) is 9.23 Å². The fourth-order valence-electron chi connectivity index (χ4n) is 3.32. The van der Waals surface area contributed by atoms with Crippen molar-refractivity contribution in [2.75, 3.05) is 7.11 Å². The Morgan fingerprint density at radius 1 is 0.833 bits per heavy atom. The summed E-state index contributed by atoms with van der Waals surface area (Å²) in [6.07, 6.45) is 2.92. The smallest absolute Gasteiger partial charge is 0.170 e. The first-order valence-electron chi connectivity index (χ1n) is 9.68. The molecule has 0 bridgehead atoms. The fraction of sp³-hybridized carbons (Fsp3) is 0.250. The molecule has 158 valence electrons. The Hall–Kier alpha value is -2.89. The number of benzene rings is 3. The van der Waals surface area contributed by atoms with E-state index in [1.165, 1.54) is 43.5 Å². The normalized spacial score (nSPS) is 12.2. The Morgan fingerprint density at radius 2 is 1.53 bits per heavy atom. The lowest BCUT2D eigenvalue weighted by Gasteiger charge is -2.11. The Bertz CT molecular complexity index is 1090. The zero-order valence-electron chi connectivity index (χ0n) is 16.7. The van der Waals surface area contributed by atoms with Gasteiger partial charge in [0, 0.05) is 5.56 Å². The van der Waals surface area contributed by atoms with Gasteiger partial charge in [0.05, 0.1) is 18.1 Å². The molecule has 3 rings (SSSR count). The van der Waals surface area contributed by atoms with E-state index < -0.39 is 40.1 Å². The third-order valence-corrected chi connectivity index (χ3v) is 5.02. The Kier molecular flexibility index (Phi) is 6.75. The highest BCUT2D eigenvalue weighted by atomic mass is 19.2. The largest absolute Gasteiger partial charge is 0.497 e. The Morgan fingerprint density at radius 3 is 2.17 bits per heavy atom. The zero-order valence-corrected chi connectivity index (χ0v) is 16.7. The lowest BCUT2D eigenvalue weighted by atomic mass is 9.98. The van der Waals surface area contributed by atoms with E-state index in [0.29, 0.717) is 18.6 Å². The Balaban J connectivity index is 2.08. The Labute approximate surface area is 171 Å². The molecule has 6 heteroatoms. The van der Waals surface area contributed by atoms with Crippen molar-refractivity contribution in [3.63, 3.8) is 0 Å². The van der Waals surface area contributed by atoms with Crippen molar-refractivity contribution in [3.8, 4) is 5.75 Å². The molecule has 3 aromatic carbocycles. The van der Waals surface area contributed by atoms with Gasteiger partial charge in [-0.05, 0) is 54.1 Å². The van der Waals surface area contributed by atoms with E-state index >= 15 is 0 Å². The molecule has 0 amide bonds. The maximum atomic E-state index is 14.8. The monoisotopic (exact) mass is 420 g/mol.